The Balaban J connectivity index is 0.00000204. The molecule has 1 fully saturated rings. The molecule has 0 radical (unpaired) electrons. The van der Waals surface area contributed by atoms with Crippen LogP contribution in [0.2, 0.25) is 0 Å². The average Bonchev–Trinajstić information content (AvgIpc) is 3.45. The van der Waals surface area contributed by atoms with Gasteiger partial charge in [-0.15, -0.1) is 34.4 Å². The van der Waals surface area contributed by atoms with Gasteiger partial charge in [0.2, 0.25) is 0 Å². The molecule has 15 heteroatoms. The summed E-state index contributed by atoms with van der Waals surface area (Å²) in [6.07, 6.45) is 5.10. The number of fused-ring (bicyclic) bond motifs is 1. The standard InChI is InChI=1S/C18H16N6O5S3.Na.H/c1-29-23-11(10-6-31-18(19)21-10)14(25)22-12-15(26)24-13(17(27)28)8(5-30-16(12)24)2-3-9-4-20-7-32-9;;/h2-4,6-7,12,16H,5H2,1H3,(H2,19,21)(H,22,25)(H,27,28);;/q;+1;-1/b3-2+,23-11+;;/t12?,16-;;/m1../s1. The number of oxime groups is 1. The maximum atomic E-state index is 12.8. The number of aromatic nitrogens is 2. The van der Waals surface area contributed by atoms with Gasteiger partial charge in [0, 0.05) is 22.2 Å². The minimum Gasteiger partial charge on any atom is -1.00 e. The van der Waals surface area contributed by atoms with Gasteiger partial charge in [0.25, 0.3) is 11.8 Å². The van der Waals surface area contributed by atoms with Gasteiger partial charge in [-0.05, 0) is 11.6 Å². The Bertz CT molecular complexity index is 1170. The van der Waals surface area contributed by atoms with Gasteiger partial charge >= 0.3 is 35.5 Å². The number of hydrogen-bond donors (Lipinski definition) is 3. The summed E-state index contributed by atoms with van der Waals surface area (Å²) in [4.78, 5) is 52.3. The van der Waals surface area contributed by atoms with Gasteiger partial charge in [-0.1, -0.05) is 11.2 Å². The minimum absolute atomic E-state index is 0. The van der Waals surface area contributed by atoms with Crippen molar-refractivity contribution in [3.8, 4) is 0 Å². The van der Waals surface area contributed by atoms with Gasteiger partial charge in [-0.3, -0.25) is 19.5 Å². The minimum atomic E-state index is -1.21. The summed E-state index contributed by atoms with van der Waals surface area (Å²) < 4.78 is 0. The summed E-state index contributed by atoms with van der Waals surface area (Å²) in [7, 11) is 1.28. The van der Waals surface area contributed by atoms with Crippen molar-refractivity contribution in [2.75, 3.05) is 18.6 Å². The molecule has 0 saturated carbocycles. The maximum absolute atomic E-state index is 12.8. The van der Waals surface area contributed by atoms with Crippen molar-refractivity contribution in [3.63, 3.8) is 0 Å². The van der Waals surface area contributed by atoms with Crippen LogP contribution in [0.4, 0.5) is 5.13 Å². The number of aliphatic carboxylic acids is 1. The number of carbonyl (C=O) groups is 3. The second kappa shape index (κ2) is 10.8. The van der Waals surface area contributed by atoms with Crippen LogP contribution < -0.4 is 40.6 Å². The van der Waals surface area contributed by atoms with Gasteiger partial charge in [0.05, 0.1) is 5.51 Å². The van der Waals surface area contributed by atoms with E-state index in [0.717, 1.165) is 16.2 Å². The summed E-state index contributed by atoms with van der Waals surface area (Å²) in [6.45, 7) is 0. The first-order chi connectivity index (χ1) is 15.4. The molecular formula is C18H17N6NaO5S3. The number of nitrogens with one attached hydrogen (secondary N) is 1. The van der Waals surface area contributed by atoms with Crippen molar-refractivity contribution in [1.82, 2.24) is 20.2 Å². The Labute approximate surface area is 223 Å². The molecule has 33 heavy (non-hydrogen) atoms. The predicted molar refractivity (Wildman–Crippen MR) is 122 cm³/mol. The fourth-order valence-corrected chi connectivity index (χ4v) is 5.54. The number of nitrogens with two attached hydrogens (primary N) is 1. The van der Waals surface area contributed by atoms with E-state index in [4.69, 9.17) is 10.6 Å². The molecule has 2 aromatic rings. The number of thioether (sulfide) groups is 1. The Kier molecular flexibility index (Phi) is 8.31. The quantitative estimate of drug-likeness (QED) is 0.165. The van der Waals surface area contributed by atoms with Crippen molar-refractivity contribution in [2.24, 2.45) is 5.16 Å². The molecule has 1 unspecified atom stereocenters. The molecule has 0 aromatic carbocycles. The zero-order valence-corrected chi connectivity index (χ0v) is 21.9. The zero-order valence-electron chi connectivity index (χ0n) is 18.4. The molecule has 2 aliphatic heterocycles. The number of amides is 2. The van der Waals surface area contributed by atoms with Gasteiger partial charge in [-0.2, -0.15) is 0 Å². The number of allylic oxidation sites excluding steroid dienone is 1. The van der Waals surface area contributed by atoms with Gasteiger partial charge in [-0.25, -0.2) is 9.78 Å². The van der Waals surface area contributed by atoms with Crippen molar-refractivity contribution in [1.29, 1.82) is 0 Å². The third kappa shape index (κ3) is 5.15. The first-order valence-electron chi connectivity index (χ1n) is 9.01. The molecule has 0 bridgehead atoms. The first kappa shape index (κ1) is 25.4. The van der Waals surface area contributed by atoms with Crippen LogP contribution in [0.3, 0.4) is 0 Å². The van der Waals surface area contributed by atoms with E-state index in [1.54, 1.807) is 29.2 Å². The van der Waals surface area contributed by atoms with Crippen LogP contribution in [0.25, 0.3) is 6.08 Å². The number of carboxylic acids is 1. The molecule has 4 heterocycles. The van der Waals surface area contributed by atoms with E-state index >= 15 is 0 Å². The number of nitrogen functional groups attached to an aromatic ring is 1. The van der Waals surface area contributed by atoms with Gasteiger partial charge in [0.1, 0.15) is 29.9 Å². The third-order valence-corrected chi connectivity index (χ3v) is 7.27. The van der Waals surface area contributed by atoms with Gasteiger partial charge < -0.3 is 22.4 Å². The summed E-state index contributed by atoms with van der Waals surface area (Å²) in [6, 6.07) is -0.910. The molecule has 0 aliphatic carbocycles. The largest absolute Gasteiger partial charge is 1.00 e. The van der Waals surface area contributed by atoms with E-state index in [2.05, 4.69) is 20.4 Å². The van der Waals surface area contributed by atoms with Crippen LogP contribution in [0.5, 0.6) is 0 Å². The summed E-state index contributed by atoms with van der Waals surface area (Å²) in [5, 5.41) is 17.3. The van der Waals surface area contributed by atoms with E-state index < -0.39 is 29.2 Å². The predicted octanol–water partition coefficient (Wildman–Crippen LogP) is -1.90. The number of nitrogens with zero attached hydrogens (tertiary/aromatic N) is 4. The Morgan fingerprint density at radius 1 is 1.42 bits per heavy atom. The van der Waals surface area contributed by atoms with E-state index in [1.165, 1.54) is 35.1 Å². The molecule has 2 atom stereocenters. The van der Waals surface area contributed by atoms with Crippen LogP contribution in [0, 0.1) is 0 Å². The fourth-order valence-electron chi connectivity index (χ4n) is 3.16. The van der Waals surface area contributed by atoms with Gasteiger partial charge in [0.15, 0.2) is 10.8 Å². The van der Waals surface area contributed by atoms with Crippen LogP contribution in [-0.2, 0) is 19.2 Å². The molecule has 2 amide bonds. The topological polar surface area (TPSA) is 160 Å². The molecule has 4 N–H and O–H groups in total. The number of carboxylic acid groups (broad SMARTS) is 1. The van der Waals surface area contributed by atoms with Crippen molar-refractivity contribution in [3.05, 3.63) is 45.0 Å². The monoisotopic (exact) mass is 516 g/mol. The molecule has 2 aromatic heterocycles. The van der Waals surface area contributed by atoms with E-state index in [-0.39, 0.29) is 53.2 Å². The maximum Gasteiger partial charge on any atom is 1.00 e. The van der Waals surface area contributed by atoms with Crippen LogP contribution in [-0.4, -0.2) is 67.7 Å². The molecule has 4 rings (SSSR count). The first-order valence-corrected chi connectivity index (χ1v) is 11.8. The van der Waals surface area contributed by atoms with Crippen molar-refractivity contribution in [2.45, 2.75) is 11.4 Å². The van der Waals surface area contributed by atoms with Crippen molar-refractivity contribution >= 4 is 69.1 Å². The number of thiazole rings is 2. The third-order valence-electron chi connectivity index (χ3n) is 4.55. The smallest absolute Gasteiger partial charge is 1.00 e. The van der Waals surface area contributed by atoms with Crippen LogP contribution in [0.15, 0.2) is 39.6 Å². The number of carbonyl (C=O) groups excluding carboxylic acids is 2. The van der Waals surface area contributed by atoms with E-state index in [1.807, 2.05) is 0 Å². The van der Waals surface area contributed by atoms with E-state index in [9.17, 15) is 19.5 Å². The molecule has 2 aliphatic rings. The number of hydrogen-bond acceptors (Lipinski definition) is 11. The molecule has 11 nitrogen and oxygen atoms in total. The Morgan fingerprint density at radius 3 is 2.82 bits per heavy atom. The molecule has 168 valence electrons. The average molecular weight is 517 g/mol. The second-order valence-electron chi connectivity index (χ2n) is 6.47. The summed E-state index contributed by atoms with van der Waals surface area (Å²) in [5.41, 5.74) is 7.79. The second-order valence-corrected chi connectivity index (χ2v) is 9.38. The number of β-lactam (4-membered cyclic amide) rings is 1. The zero-order chi connectivity index (χ0) is 22.8. The van der Waals surface area contributed by atoms with Crippen LogP contribution in [0.1, 0.15) is 12.0 Å². The normalized spacial score (nSPS) is 20.2. The number of rotatable bonds is 7. The summed E-state index contributed by atoms with van der Waals surface area (Å²) >= 11 is 3.90. The Hall–Kier alpha value is -2.23. The molecule has 0 spiro atoms. The molecule has 1 saturated heterocycles. The Morgan fingerprint density at radius 2 is 2.21 bits per heavy atom. The molecular weight excluding hydrogens is 499 g/mol. The van der Waals surface area contributed by atoms with Crippen LogP contribution >= 0.6 is 34.4 Å². The van der Waals surface area contributed by atoms with E-state index in [0.29, 0.717) is 11.3 Å². The number of anilines is 1. The summed E-state index contributed by atoms with van der Waals surface area (Å²) in [5.74, 6) is -2.05. The fraction of sp³-hybridized carbons (Fsp3) is 0.222. The SMILES string of the molecule is CO/N=C(/C(=O)NC1C(=O)N2C(C(=O)O)=C(/C=C/c3cncs3)CS[C@H]12)c1csc(N)n1.[H-].[Na+]. The van der Waals surface area contributed by atoms with Crippen molar-refractivity contribution < 1.29 is 55.3 Å².